The van der Waals surface area contributed by atoms with Crippen molar-refractivity contribution in [2.45, 2.75) is 44.8 Å². The van der Waals surface area contributed by atoms with Gasteiger partial charge < -0.3 is 14.5 Å². The second-order valence-corrected chi connectivity index (χ2v) is 6.96. The number of carbonyl (C=O) groups excluding carboxylic acids is 1. The Hall–Kier alpha value is -1.62. The third-order valence-electron chi connectivity index (χ3n) is 5.17. The Kier molecular flexibility index (Phi) is 4.85. The zero-order valence-corrected chi connectivity index (χ0v) is 14.4. The van der Waals surface area contributed by atoms with Crippen LogP contribution in [0.15, 0.2) is 18.5 Å². The maximum Gasteiger partial charge on any atom is 0.251 e. The number of pyridine rings is 1. The van der Waals surface area contributed by atoms with E-state index >= 15 is 0 Å². The summed E-state index contributed by atoms with van der Waals surface area (Å²) in [6, 6.07) is 2.10. The predicted octanol–water partition coefficient (Wildman–Crippen LogP) is 2.24. The Morgan fingerprint density at radius 3 is 2.65 bits per heavy atom. The predicted molar refractivity (Wildman–Crippen MR) is 90.5 cm³/mol. The van der Waals surface area contributed by atoms with Crippen molar-refractivity contribution in [1.29, 1.82) is 0 Å². The van der Waals surface area contributed by atoms with E-state index in [9.17, 15) is 4.79 Å². The van der Waals surface area contributed by atoms with Gasteiger partial charge in [0.05, 0.1) is 6.10 Å². The second-order valence-electron chi connectivity index (χ2n) is 6.96. The lowest BCUT2D eigenvalue weighted by Crippen LogP contribution is -2.39. The van der Waals surface area contributed by atoms with Crippen molar-refractivity contribution in [2.75, 3.05) is 32.1 Å². The van der Waals surface area contributed by atoms with E-state index < -0.39 is 0 Å². The molecule has 2 aliphatic rings. The number of carbonyl (C=O) groups is 1. The number of anilines is 1. The number of amides is 1. The summed E-state index contributed by atoms with van der Waals surface area (Å²) < 4.78 is 6.07. The monoisotopic (exact) mass is 317 g/mol. The van der Waals surface area contributed by atoms with Gasteiger partial charge in [-0.15, -0.1) is 0 Å². The zero-order chi connectivity index (χ0) is 16.4. The summed E-state index contributed by atoms with van der Waals surface area (Å²) in [7, 11) is 3.60. The molecule has 2 saturated heterocycles. The van der Waals surface area contributed by atoms with E-state index in [1.165, 1.54) is 11.3 Å². The van der Waals surface area contributed by atoms with Crippen LogP contribution in [0.3, 0.4) is 0 Å². The van der Waals surface area contributed by atoms with Crippen molar-refractivity contribution in [3.8, 4) is 0 Å². The van der Waals surface area contributed by atoms with Gasteiger partial charge in [-0.25, -0.2) is 0 Å². The van der Waals surface area contributed by atoms with Crippen molar-refractivity contribution in [2.24, 2.45) is 5.92 Å². The molecule has 3 rings (SSSR count). The first-order valence-electron chi connectivity index (χ1n) is 8.58. The van der Waals surface area contributed by atoms with Gasteiger partial charge in [-0.1, -0.05) is 0 Å². The first kappa shape index (κ1) is 16.2. The minimum Gasteiger partial charge on any atom is -0.371 e. The quantitative estimate of drug-likeness (QED) is 0.858. The van der Waals surface area contributed by atoms with Crippen LogP contribution in [0.4, 0.5) is 5.69 Å². The van der Waals surface area contributed by atoms with Gasteiger partial charge in [0.1, 0.15) is 6.10 Å². The van der Waals surface area contributed by atoms with E-state index in [1.807, 2.05) is 12.4 Å². The van der Waals surface area contributed by atoms with Gasteiger partial charge in [0.25, 0.3) is 5.91 Å². The van der Waals surface area contributed by atoms with E-state index in [2.05, 4.69) is 22.9 Å². The molecule has 126 valence electrons. The minimum absolute atomic E-state index is 0.109. The van der Waals surface area contributed by atoms with Crippen LogP contribution in [0.5, 0.6) is 0 Å². The van der Waals surface area contributed by atoms with Crippen LogP contribution in [-0.4, -0.2) is 55.2 Å². The summed E-state index contributed by atoms with van der Waals surface area (Å²) in [6.45, 7) is 4.23. The Morgan fingerprint density at radius 1 is 1.26 bits per heavy atom. The molecule has 0 aliphatic carbocycles. The molecule has 0 aromatic carbocycles. The topological polar surface area (TPSA) is 45.7 Å². The molecule has 5 heteroatoms. The Balaban J connectivity index is 1.54. The van der Waals surface area contributed by atoms with E-state index in [0.717, 1.165) is 38.8 Å². The van der Waals surface area contributed by atoms with Crippen molar-refractivity contribution < 1.29 is 9.53 Å². The standard InChI is InChI=1S/C18H27N3O2/c1-13-12-19-9-6-15(13)21-10-7-14(8-11-21)16-4-5-17(23-16)18(22)20(2)3/h6,9,12,14,16-17H,4-5,7-8,10-11H2,1-3H3/t16-,17+/m0/s1. The molecular weight excluding hydrogens is 290 g/mol. The smallest absolute Gasteiger partial charge is 0.251 e. The van der Waals surface area contributed by atoms with Crippen LogP contribution >= 0.6 is 0 Å². The van der Waals surface area contributed by atoms with Gasteiger partial charge >= 0.3 is 0 Å². The summed E-state index contributed by atoms with van der Waals surface area (Å²) in [5.74, 6) is 0.686. The lowest BCUT2D eigenvalue weighted by atomic mass is 9.89. The van der Waals surface area contributed by atoms with Crippen LogP contribution < -0.4 is 4.90 Å². The van der Waals surface area contributed by atoms with Gasteiger partial charge in [-0.3, -0.25) is 9.78 Å². The number of ether oxygens (including phenoxy) is 1. The molecule has 0 spiro atoms. The first-order chi connectivity index (χ1) is 11.1. The molecule has 5 nitrogen and oxygen atoms in total. The fourth-order valence-electron chi connectivity index (χ4n) is 3.81. The number of piperidine rings is 1. The SMILES string of the molecule is Cc1cnccc1N1CCC([C@@H]2CC[C@H](C(=O)N(C)C)O2)CC1. The molecule has 0 unspecified atom stereocenters. The van der Waals surface area contributed by atoms with Gasteiger partial charge in [0.15, 0.2) is 0 Å². The van der Waals surface area contributed by atoms with Gasteiger partial charge in [-0.2, -0.15) is 0 Å². The molecule has 0 radical (unpaired) electrons. The molecule has 1 aromatic rings. The second kappa shape index (κ2) is 6.87. The largest absolute Gasteiger partial charge is 0.371 e. The number of hydrogen-bond acceptors (Lipinski definition) is 4. The highest BCUT2D eigenvalue weighted by Gasteiger charge is 2.37. The maximum absolute atomic E-state index is 12.0. The van der Waals surface area contributed by atoms with Crippen LogP contribution in [0.2, 0.25) is 0 Å². The summed E-state index contributed by atoms with van der Waals surface area (Å²) in [5, 5.41) is 0. The molecule has 0 saturated carbocycles. The lowest BCUT2D eigenvalue weighted by Gasteiger charge is -2.36. The van der Waals surface area contributed by atoms with Crippen LogP contribution in [0.1, 0.15) is 31.2 Å². The zero-order valence-electron chi connectivity index (χ0n) is 14.4. The molecule has 2 fully saturated rings. The Labute approximate surface area is 138 Å². The highest BCUT2D eigenvalue weighted by Crippen LogP contribution is 2.34. The molecular formula is C18H27N3O2. The number of rotatable bonds is 3. The number of aryl methyl sites for hydroxylation is 1. The molecule has 1 aromatic heterocycles. The number of nitrogens with zero attached hydrogens (tertiary/aromatic N) is 3. The highest BCUT2D eigenvalue weighted by atomic mass is 16.5. The lowest BCUT2D eigenvalue weighted by molar-refractivity contribution is -0.141. The Bertz CT molecular complexity index is 553. The van der Waals surface area contributed by atoms with E-state index in [1.54, 1.807) is 19.0 Å². The summed E-state index contributed by atoms with van der Waals surface area (Å²) in [4.78, 5) is 20.3. The molecule has 0 bridgehead atoms. The van der Waals surface area contributed by atoms with E-state index in [0.29, 0.717) is 5.92 Å². The minimum atomic E-state index is -0.226. The van der Waals surface area contributed by atoms with Crippen LogP contribution in [0, 0.1) is 12.8 Å². The fraction of sp³-hybridized carbons (Fsp3) is 0.667. The average molecular weight is 317 g/mol. The van der Waals surface area contributed by atoms with Gasteiger partial charge in [0.2, 0.25) is 0 Å². The van der Waals surface area contributed by atoms with E-state index in [-0.39, 0.29) is 18.1 Å². The fourth-order valence-corrected chi connectivity index (χ4v) is 3.81. The van der Waals surface area contributed by atoms with E-state index in [4.69, 9.17) is 4.74 Å². The van der Waals surface area contributed by atoms with Crippen molar-refractivity contribution in [1.82, 2.24) is 9.88 Å². The molecule has 0 N–H and O–H groups in total. The number of likely N-dealkylation sites (N-methyl/N-ethyl adjacent to an activating group) is 1. The average Bonchev–Trinajstić information content (AvgIpc) is 3.04. The molecule has 3 heterocycles. The first-order valence-corrected chi connectivity index (χ1v) is 8.58. The van der Waals surface area contributed by atoms with Crippen LogP contribution in [-0.2, 0) is 9.53 Å². The normalized spacial score (nSPS) is 25.6. The molecule has 2 atom stereocenters. The number of hydrogen-bond donors (Lipinski definition) is 0. The number of aromatic nitrogens is 1. The Morgan fingerprint density at radius 2 is 2.00 bits per heavy atom. The van der Waals surface area contributed by atoms with Crippen LogP contribution in [0.25, 0.3) is 0 Å². The summed E-state index contributed by atoms with van der Waals surface area (Å²) in [6.07, 6.45) is 7.98. The molecule has 2 aliphatic heterocycles. The third kappa shape index (κ3) is 3.50. The van der Waals surface area contributed by atoms with Crippen molar-refractivity contribution >= 4 is 11.6 Å². The molecule has 23 heavy (non-hydrogen) atoms. The van der Waals surface area contributed by atoms with Crippen molar-refractivity contribution in [3.63, 3.8) is 0 Å². The highest BCUT2D eigenvalue weighted by molar-refractivity contribution is 5.80. The maximum atomic E-state index is 12.0. The summed E-state index contributed by atoms with van der Waals surface area (Å²) in [5.41, 5.74) is 2.53. The summed E-state index contributed by atoms with van der Waals surface area (Å²) >= 11 is 0. The van der Waals surface area contributed by atoms with Gasteiger partial charge in [-0.05, 0) is 50.2 Å². The molecule has 1 amide bonds. The third-order valence-corrected chi connectivity index (χ3v) is 5.17. The van der Waals surface area contributed by atoms with Gasteiger partial charge in [0, 0.05) is 45.3 Å². The van der Waals surface area contributed by atoms with Crippen molar-refractivity contribution in [3.05, 3.63) is 24.0 Å².